The summed E-state index contributed by atoms with van der Waals surface area (Å²) < 4.78 is 5.91. The highest BCUT2D eigenvalue weighted by Crippen LogP contribution is 2.21. The molecule has 84 valence electrons. The fraction of sp³-hybridized carbons (Fsp3) is 0.273. The van der Waals surface area contributed by atoms with Gasteiger partial charge in [0.25, 0.3) is 0 Å². The molecule has 0 aliphatic heterocycles. The van der Waals surface area contributed by atoms with Gasteiger partial charge in [0.15, 0.2) is 0 Å². The van der Waals surface area contributed by atoms with E-state index in [1.165, 1.54) is 0 Å². The van der Waals surface area contributed by atoms with Crippen molar-refractivity contribution in [2.45, 2.75) is 0 Å². The number of hydrogen-bond acceptors (Lipinski definition) is 4. The normalized spacial score (nSPS) is 10.6. The molecule has 0 saturated heterocycles. The molecule has 0 saturated carbocycles. The van der Waals surface area contributed by atoms with E-state index in [0.29, 0.717) is 6.61 Å². The summed E-state index contributed by atoms with van der Waals surface area (Å²) in [5.74, 6) is 0.832. The first-order valence-corrected chi connectivity index (χ1v) is 5.74. The van der Waals surface area contributed by atoms with Crippen molar-refractivity contribution in [2.24, 2.45) is 0 Å². The Morgan fingerprint density at radius 2 is 2.25 bits per heavy atom. The lowest BCUT2D eigenvalue weighted by Crippen LogP contribution is -2.08. The Balaban J connectivity index is 2.25. The number of halogens is 1. The molecule has 5 heteroatoms. The molecule has 0 aromatic carbocycles. The van der Waals surface area contributed by atoms with Crippen molar-refractivity contribution in [3.8, 4) is 0 Å². The van der Waals surface area contributed by atoms with E-state index in [-0.39, 0.29) is 0 Å². The monoisotopic (exact) mass is 281 g/mol. The second kappa shape index (κ2) is 5.23. The summed E-state index contributed by atoms with van der Waals surface area (Å²) in [5.41, 5.74) is 1.75. The molecule has 16 heavy (non-hydrogen) atoms. The number of methoxy groups -OCH3 is 1. The predicted molar refractivity (Wildman–Crippen MR) is 67.6 cm³/mol. The van der Waals surface area contributed by atoms with Crippen LogP contribution in [0.1, 0.15) is 0 Å². The standard InChI is InChI=1S/C11H12BrN3O/c1-16-7-6-14-10-3-2-9-11(15-10)8(12)4-5-13-9/h2-5H,6-7H2,1H3,(H,14,15). The highest BCUT2D eigenvalue weighted by Gasteiger charge is 2.02. The first kappa shape index (κ1) is 11.3. The maximum absolute atomic E-state index is 4.96. The summed E-state index contributed by atoms with van der Waals surface area (Å²) in [5, 5.41) is 3.18. The minimum atomic E-state index is 0.661. The Labute approximate surface area is 102 Å². The Bertz CT molecular complexity index is 490. The maximum Gasteiger partial charge on any atom is 0.126 e. The predicted octanol–water partition coefficient (Wildman–Crippen LogP) is 2.45. The van der Waals surface area contributed by atoms with E-state index in [2.05, 4.69) is 31.2 Å². The zero-order valence-corrected chi connectivity index (χ0v) is 10.5. The number of hydrogen-bond donors (Lipinski definition) is 1. The lowest BCUT2D eigenvalue weighted by atomic mass is 10.3. The summed E-state index contributed by atoms with van der Waals surface area (Å²) in [4.78, 5) is 8.71. The molecule has 2 aromatic rings. The second-order valence-corrected chi connectivity index (χ2v) is 4.13. The van der Waals surface area contributed by atoms with E-state index in [1.807, 2.05) is 18.2 Å². The summed E-state index contributed by atoms with van der Waals surface area (Å²) in [6.45, 7) is 1.40. The van der Waals surface area contributed by atoms with Gasteiger partial charge in [-0.15, -0.1) is 0 Å². The topological polar surface area (TPSA) is 47.0 Å². The summed E-state index contributed by atoms with van der Waals surface area (Å²) >= 11 is 3.46. The van der Waals surface area contributed by atoms with Crippen LogP contribution in [0.5, 0.6) is 0 Å². The zero-order chi connectivity index (χ0) is 11.4. The van der Waals surface area contributed by atoms with Crippen molar-refractivity contribution in [2.75, 3.05) is 25.6 Å². The van der Waals surface area contributed by atoms with Crippen LogP contribution in [0, 0.1) is 0 Å². The number of anilines is 1. The van der Waals surface area contributed by atoms with Gasteiger partial charge in [-0.1, -0.05) is 0 Å². The number of aromatic nitrogens is 2. The Morgan fingerprint density at radius 3 is 3.06 bits per heavy atom. The van der Waals surface area contributed by atoms with Crippen LogP contribution in [0.25, 0.3) is 11.0 Å². The molecule has 0 spiro atoms. The number of ether oxygens (including phenoxy) is 1. The molecule has 2 aromatic heterocycles. The van der Waals surface area contributed by atoms with Gasteiger partial charge in [0, 0.05) is 24.3 Å². The molecule has 0 amide bonds. The van der Waals surface area contributed by atoms with E-state index in [0.717, 1.165) is 27.9 Å². The van der Waals surface area contributed by atoms with Crippen LogP contribution in [0.4, 0.5) is 5.82 Å². The van der Waals surface area contributed by atoms with E-state index < -0.39 is 0 Å². The number of pyridine rings is 2. The SMILES string of the molecule is COCCNc1ccc2nccc(Br)c2n1. The fourth-order valence-electron chi connectivity index (χ4n) is 1.37. The molecule has 1 N–H and O–H groups in total. The maximum atomic E-state index is 4.96. The van der Waals surface area contributed by atoms with Crippen LogP contribution >= 0.6 is 15.9 Å². The Kier molecular flexibility index (Phi) is 3.69. The van der Waals surface area contributed by atoms with Crippen molar-refractivity contribution in [1.82, 2.24) is 9.97 Å². The molecule has 4 nitrogen and oxygen atoms in total. The molecular weight excluding hydrogens is 270 g/mol. The van der Waals surface area contributed by atoms with Crippen LogP contribution in [-0.4, -0.2) is 30.2 Å². The minimum absolute atomic E-state index is 0.661. The zero-order valence-electron chi connectivity index (χ0n) is 8.90. The summed E-state index contributed by atoms with van der Waals surface area (Å²) in [6.07, 6.45) is 1.76. The van der Waals surface area contributed by atoms with Gasteiger partial charge < -0.3 is 10.1 Å². The van der Waals surface area contributed by atoms with Crippen LogP contribution in [0.2, 0.25) is 0 Å². The van der Waals surface area contributed by atoms with Gasteiger partial charge in [-0.2, -0.15) is 0 Å². The average Bonchev–Trinajstić information content (AvgIpc) is 2.30. The lowest BCUT2D eigenvalue weighted by Gasteiger charge is -2.06. The third-order valence-electron chi connectivity index (χ3n) is 2.15. The number of rotatable bonds is 4. The van der Waals surface area contributed by atoms with Gasteiger partial charge in [-0.3, -0.25) is 4.98 Å². The van der Waals surface area contributed by atoms with Gasteiger partial charge in [0.2, 0.25) is 0 Å². The Morgan fingerprint density at radius 1 is 1.38 bits per heavy atom. The van der Waals surface area contributed by atoms with Crippen molar-refractivity contribution in [1.29, 1.82) is 0 Å². The quantitative estimate of drug-likeness (QED) is 0.875. The third kappa shape index (κ3) is 2.48. The molecular formula is C11H12BrN3O. The average molecular weight is 282 g/mol. The second-order valence-electron chi connectivity index (χ2n) is 3.28. The number of nitrogens with one attached hydrogen (secondary N) is 1. The van der Waals surface area contributed by atoms with Gasteiger partial charge in [-0.25, -0.2) is 4.98 Å². The number of fused-ring (bicyclic) bond motifs is 1. The molecule has 0 aliphatic rings. The molecule has 0 radical (unpaired) electrons. The molecule has 0 unspecified atom stereocenters. The van der Waals surface area contributed by atoms with Crippen LogP contribution in [0.3, 0.4) is 0 Å². The largest absolute Gasteiger partial charge is 0.383 e. The van der Waals surface area contributed by atoms with Crippen LogP contribution in [0.15, 0.2) is 28.9 Å². The highest BCUT2D eigenvalue weighted by atomic mass is 79.9. The fourth-order valence-corrected chi connectivity index (χ4v) is 1.78. The van der Waals surface area contributed by atoms with E-state index >= 15 is 0 Å². The lowest BCUT2D eigenvalue weighted by molar-refractivity contribution is 0.210. The first-order chi connectivity index (χ1) is 7.81. The highest BCUT2D eigenvalue weighted by molar-refractivity contribution is 9.10. The van der Waals surface area contributed by atoms with Crippen molar-refractivity contribution < 1.29 is 4.74 Å². The molecule has 0 atom stereocenters. The van der Waals surface area contributed by atoms with Gasteiger partial charge in [0.1, 0.15) is 11.3 Å². The molecule has 0 fully saturated rings. The van der Waals surface area contributed by atoms with Gasteiger partial charge in [-0.05, 0) is 34.1 Å². The smallest absolute Gasteiger partial charge is 0.126 e. The van der Waals surface area contributed by atoms with E-state index in [9.17, 15) is 0 Å². The van der Waals surface area contributed by atoms with Gasteiger partial charge >= 0.3 is 0 Å². The van der Waals surface area contributed by atoms with Crippen molar-refractivity contribution >= 4 is 32.8 Å². The van der Waals surface area contributed by atoms with Crippen LogP contribution < -0.4 is 5.32 Å². The minimum Gasteiger partial charge on any atom is -0.383 e. The summed E-state index contributed by atoms with van der Waals surface area (Å²) in [6, 6.07) is 5.74. The van der Waals surface area contributed by atoms with E-state index in [4.69, 9.17) is 4.74 Å². The number of nitrogens with zero attached hydrogens (tertiary/aromatic N) is 2. The third-order valence-corrected chi connectivity index (χ3v) is 2.79. The van der Waals surface area contributed by atoms with Crippen LogP contribution in [-0.2, 0) is 4.74 Å². The summed E-state index contributed by atoms with van der Waals surface area (Å²) in [7, 11) is 1.68. The molecule has 2 heterocycles. The molecule has 2 rings (SSSR count). The molecule has 0 bridgehead atoms. The van der Waals surface area contributed by atoms with Crippen molar-refractivity contribution in [3.05, 3.63) is 28.9 Å². The van der Waals surface area contributed by atoms with Crippen molar-refractivity contribution in [3.63, 3.8) is 0 Å². The Hall–Kier alpha value is -1.20. The first-order valence-electron chi connectivity index (χ1n) is 4.95. The van der Waals surface area contributed by atoms with E-state index in [1.54, 1.807) is 13.3 Å². The molecule has 0 aliphatic carbocycles. The van der Waals surface area contributed by atoms with Gasteiger partial charge in [0.05, 0.1) is 12.1 Å².